The molecule has 2 aliphatic rings. The molecule has 26 heavy (non-hydrogen) atoms. The van der Waals surface area contributed by atoms with E-state index in [0.717, 1.165) is 63.2 Å². The van der Waals surface area contributed by atoms with Crippen LogP contribution in [0, 0.1) is 18.8 Å². The van der Waals surface area contributed by atoms with Gasteiger partial charge < -0.3 is 15.2 Å². The van der Waals surface area contributed by atoms with Gasteiger partial charge in [-0.25, -0.2) is 0 Å². The van der Waals surface area contributed by atoms with Gasteiger partial charge in [-0.15, -0.1) is 10.2 Å². The fraction of sp³-hybridized carbons (Fsp3) is 0.842. The van der Waals surface area contributed by atoms with Crippen molar-refractivity contribution in [2.75, 3.05) is 26.2 Å². The molecule has 1 aromatic heterocycles. The van der Waals surface area contributed by atoms with Crippen molar-refractivity contribution in [2.45, 2.75) is 66.1 Å². The summed E-state index contributed by atoms with van der Waals surface area (Å²) < 4.78 is 2.25. The lowest BCUT2D eigenvalue weighted by Crippen LogP contribution is -2.47. The van der Waals surface area contributed by atoms with Crippen molar-refractivity contribution < 1.29 is 0 Å². The fourth-order valence-electron chi connectivity index (χ4n) is 4.01. The van der Waals surface area contributed by atoms with E-state index >= 15 is 0 Å². The Morgan fingerprint density at radius 3 is 2.77 bits per heavy atom. The highest BCUT2D eigenvalue weighted by Gasteiger charge is 2.31. The van der Waals surface area contributed by atoms with E-state index in [1.807, 2.05) is 6.92 Å². The average molecular weight is 362 g/mol. The highest BCUT2D eigenvalue weighted by Crippen LogP contribution is 2.21. The first kappa shape index (κ1) is 19.1. The summed E-state index contributed by atoms with van der Waals surface area (Å²) in [5.41, 5.74) is 0. The predicted molar refractivity (Wildman–Crippen MR) is 105 cm³/mol. The number of nitrogens with zero attached hydrogens (tertiary/aromatic N) is 5. The molecule has 0 aromatic carbocycles. The normalized spacial score (nSPS) is 27.0. The van der Waals surface area contributed by atoms with Crippen LogP contribution in [-0.2, 0) is 13.0 Å². The summed E-state index contributed by atoms with van der Waals surface area (Å²) in [4.78, 5) is 7.46. The summed E-state index contributed by atoms with van der Waals surface area (Å²) in [6.45, 7) is 16.0. The Kier molecular flexibility index (Phi) is 6.16. The number of hydrogen-bond acceptors (Lipinski definition) is 4. The molecule has 7 nitrogen and oxygen atoms in total. The molecule has 0 spiro atoms. The van der Waals surface area contributed by atoms with Gasteiger partial charge in [0.15, 0.2) is 5.96 Å². The lowest BCUT2D eigenvalue weighted by Gasteiger charge is -2.24. The maximum absolute atomic E-state index is 4.91. The van der Waals surface area contributed by atoms with E-state index in [9.17, 15) is 0 Å². The van der Waals surface area contributed by atoms with Gasteiger partial charge in [0.1, 0.15) is 11.6 Å². The van der Waals surface area contributed by atoms with Crippen LogP contribution in [0.3, 0.4) is 0 Å². The molecular formula is C19H35N7. The second-order valence-electron chi connectivity index (χ2n) is 8.17. The number of aromatic nitrogens is 3. The van der Waals surface area contributed by atoms with Crippen molar-refractivity contribution in [1.82, 2.24) is 30.3 Å². The Morgan fingerprint density at radius 2 is 2.08 bits per heavy atom. The molecule has 3 atom stereocenters. The van der Waals surface area contributed by atoms with Crippen LogP contribution in [0.5, 0.6) is 0 Å². The van der Waals surface area contributed by atoms with Crippen LogP contribution in [-0.4, -0.2) is 63.9 Å². The molecule has 3 unspecified atom stereocenters. The number of fused-ring (bicyclic) bond motifs is 1. The molecule has 0 saturated carbocycles. The van der Waals surface area contributed by atoms with Crippen LogP contribution in [0.1, 0.15) is 45.8 Å². The van der Waals surface area contributed by atoms with E-state index in [-0.39, 0.29) is 0 Å². The van der Waals surface area contributed by atoms with Crippen LogP contribution < -0.4 is 10.6 Å². The van der Waals surface area contributed by atoms with E-state index in [1.165, 1.54) is 0 Å². The van der Waals surface area contributed by atoms with Crippen LogP contribution >= 0.6 is 0 Å². The van der Waals surface area contributed by atoms with Crippen LogP contribution in [0.2, 0.25) is 0 Å². The van der Waals surface area contributed by atoms with Crippen molar-refractivity contribution in [1.29, 1.82) is 0 Å². The van der Waals surface area contributed by atoms with Gasteiger partial charge in [0.05, 0.1) is 0 Å². The number of nitrogens with one attached hydrogen (secondary N) is 2. The zero-order chi connectivity index (χ0) is 18.7. The first-order valence-corrected chi connectivity index (χ1v) is 10.2. The first-order chi connectivity index (χ1) is 12.5. The maximum Gasteiger partial charge on any atom is 0.191 e. The van der Waals surface area contributed by atoms with E-state index in [4.69, 9.17) is 4.99 Å². The number of likely N-dealkylation sites (tertiary alicyclic amines) is 1. The summed E-state index contributed by atoms with van der Waals surface area (Å²) in [6, 6.07) is 1.07. The molecule has 1 fully saturated rings. The van der Waals surface area contributed by atoms with Crippen molar-refractivity contribution >= 4 is 5.96 Å². The van der Waals surface area contributed by atoms with Gasteiger partial charge in [-0.1, -0.05) is 6.92 Å². The summed E-state index contributed by atoms with van der Waals surface area (Å²) in [7, 11) is 0. The molecule has 2 N–H and O–H groups in total. The Labute approximate surface area is 157 Å². The molecule has 0 bridgehead atoms. The van der Waals surface area contributed by atoms with Crippen LogP contribution in [0.15, 0.2) is 4.99 Å². The van der Waals surface area contributed by atoms with Crippen molar-refractivity contribution in [2.24, 2.45) is 16.8 Å². The Bertz CT molecular complexity index is 621. The number of aryl methyl sites for hydroxylation is 2. The first-order valence-electron chi connectivity index (χ1n) is 10.2. The minimum absolute atomic E-state index is 0.466. The third kappa shape index (κ3) is 4.37. The predicted octanol–water partition coefficient (Wildman–Crippen LogP) is 1.43. The van der Waals surface area contributed by atoms with Crippen molar-refractivity contribution in [3.8, 4) is 0 Å². The second-order valence-corrected chi connectivity index (χ2v) is 8.17. The SMILES string of the molecule is CCNC(=NCC1CCc2nnc(C)n2C1)NC1CN(C(C)C)CC1C. The third-order valence-corrected chi connectivity index (χ3v) is 5.77. The summed E-state index contributed by atoms with van der Waals surface area (Å²) >= 11 is 0. The molecular weight excluding hydrogens is 326 g/mol. The van der Waals surface area contributed by atoms with E-state index in [2.05, 4.69) is 58.0 Å². The lowest BCUT2D eigenvalue weighted by molar-refractivity contribution is 0.265. The average Bonchev–Trinajstić information content (AvgIpc) is 3.16. The highest BCUT2D eigenvalue weighted by molar-refractivity contribution is 5.80. The molecule has 1 saturated heterocycles. The number of aliphatic imine (C=N–C) groups is 1. The third-order valence-electron chi connectivity index (χ3n) is 5.77. The summed E-state index contributed by atoms with van der Waals surface area (Å²) in [5, 5.41) is 15.6. The number of hydrogen-bond donors (Lipinski definition) is 2. The lowest BCUT2D eigenvalue weighted by atomic mass is 9.99. The summed E-state index contributed by atoms with van der Waals surface area (Å²) in [6.07, 6.45) is 2.15. The fourth-order valence-corrected chi connectivity index (χ4v) is 4.01. The number of guanidine groups is 1. The molecule has 7 heteroatoms. The molecule has 146 valence electrons. The standard InChI is InChI=1S/C19H35N7/c1-6-20-19(22-17-12-25(13(2)3)10-14(17)4)21-9-16-7-8-18-24-23-15(5)26(18)11-16/h13-14,16-17H,6-12H2,1-5H3,(H2,20,21,22). The van der Waals surface area contributed by atoms with Gasteiger partial charge >= 0.3 is 0 Å². The van der Waals surface area contributed by atoms with Gasteiger partial charge in [-0.05, 0) is 46.0 Å². The molecule has 3 heterocycles. The van der Waals surface area contributed by atoms with Crippen LogP contribution in [0.25, 0.3) is 0 Å². The molecule has 0 amide bonds. The zero-order valence-corrected chi connectivity index (χ0v) is 17.0. The zero-order valence-electron chi connectivity index (χ0n) is 17.0. The van der Waals surface area contributed by atoms with Gasteiger partial charge in [-0.3, -0.25) is 9.89 Å². The maximum atomic E-state index is 4.91. The van der Waals surface area contributed by atoms with Crippen molar-refractivity contribution in [3.05, 3.63) is 11.6 Å². The molecule has 0 aliphatic carbocycles. The summed E-state index contributed by atoms with van der Waals surface area (Å²) in [5.74, 6) is 4.30. The van der Waals surface area contributed by atoms with Gasteiger partial charge in [0.2, 0.25) is 0 Å². The molecule has 0 radical (unpaired) electrons. The van der Waals surface area contributed by atoms with E-state index in [1.54, 1.807) is 0 Å². The minimum atomic E-state index is 0.466. The quantitative estimate of drug-likeness (QED) is 0.613. The molecule has 1 aromatic rings. The number of rotatable bonds is 5. The topological polar surface area (TPSA) is 70.4 Å². The van der Waals surface area contributed by atoms with Gasteiger partial charge in [-0.2, -0.15) is 0 Å². The highest BCUT2D eigenvalue weighted by atomic mass is 15.3. The Balaban J connectivity index is 1.58. The molecule has 3 rings (SSSR count). The van der Waals surface area contributed by atoms with E-state index in [0.29, 0.717) is 23.9 Å². The van der Waals surface area contributed by atoms with Gasteiger partial charge in [0, 0.05) is 51.2 Å². The van der Waals surface area contributed by atoms with Gasteiger partial charge in [0.25, 0.3) is 0 Å². The largest absolute Gasteiger partial charge is 0.357 e. The smallest absolute Gasteiger partial charge is 0.191 e. The molecule has 2 aliphatic heterocycles. The minimum Gasteiger partial charge on any atom is -0.357 e. The van der Waals surface area contributed by atoms with Crippen LogP contribution in [0.4, 0.5) is 0 Å². The Hall–Kier alpha value is -1.63. The van der Waals surface area contributed by atoms with E-state index < -0.39 is 0 Å². The van der Waals surface area contributed by atoms with Crippen molar-refractivity contribution in [3.63, 3.8) is 0 Å². The second kappa shape index (κ2) is 8.37. The Morgan fingerprint density at radius 1 is 1.27 bits per heavy atom. The monoisotopic (exact) mass is 361 g/mol.